The molecule has 4 heteroatoms. The zero-order valence-electron chi connectivity index (χ0n) is 6.79. The van der Waals surface area contributed by atoms with Crippen LogP contribution in [-0.2, 0) is 14.3 Å². The molecule has 3 nitrogen and oxygen atoms in total. The molecule has 0 bridgehead atoms. The molecule has 0 atom stereocenters. The first kappa shape index (κ1) is 9.91. The monoisotopic (exact) mass is 166 g/mol. The van der Waals surface area contributed by atoms with Gasteiger partial charge in [0, 0.05) is 0 Å². The van der Waals surface area contributed by atoms with E-state index in [0.29, 0.717) is 0 Å². The van der Waals surface area contributed by atoms with E-state index in [9.17, 15) is 8.42 Å². The summed E-state index contributed by atoms with van der Waals surface area (Å²) in [6, 6.07) is 0. The highest BCUT2D eigenvalue weighted by atomic mass is 32.2. The van der Waals surface area contributed by atoms with E-state index >= 15 is 0 Å². The molecule has 0 saturated heterocycles. The number of hydrogen-bond acceptors (Lipinski definition) is 3. The molecular formula is C6H14O3S. The molecule has 0 unspecified atom stereocenters. The van der Waals surface area contributed by atoms with Crippen LogP contribution in [0, 0.1) is 0 Å². The molecule has 0 fully saturated rings. The first-order chi connectivity index (χ1) is 4.36. The molecule has 0 aliphatic rings. The molecular weight excluding hydrogens is 152 g/mol. The smallest absolute Gasteiger partial charge is 0.267 e. The highest BCUT2D eigenvalue weighted by Crippen LogP contribution is 2.05. The topological polar surface area (TPSA) is 43.4 Å². The van der Waals surface area contributed by atoms with Gasteiger partial charge in [0.25, 0.3) is 10.1 Å². The van der Waals surface area contributed by atoms with Gasteiger partial charge >= 0.3 is 0 Å². The summed E-state index contributed by atoms with van der Waals surface area (Å²) in [4.78, 5) is 0. The predicted octanol–water partition coefficient (Wildman–Crippen LogP) is 1.15. The van der Waals surface area contributed by atoms with Gasteiger partial charge in [-0.2, -0.15) is 8.42 Å². The van der Waals surface area contributed by atoms with E-state index in [4.69, 9.17) is 0 Å². The Morgan fingerprint density at radius 3 is 1.60 bits per heavy atom. The third-order valence-corrected chi connectivity index (χ3v) is 2.71. The first-order valence-electron chi connectivity index (χ1n) is 3.28. The van der Waals surface area contributed by atoms with Crippen LogP contribution in [0.5, 0.6) is 0 Å². The van der Waals surface area contributed by atoms with Crippen molar-refractivity contribution < 1.29 is 12.6 Å². The summed E-state index contributed by atoms with van der Waals surface area (Å²) in [5.41, 5.74) is 0. The molecule has 10 heavy (non-hydrogen) atoms. The minimum atomic E-state index is -3.30. The van der Waals surface area contributed by atoms with Gasteiger partial charge in [-0.3, -0.25) is 4.18 Å². The molecule has 0 aliphatic carbocycles. The maximum atomic E-state index is 10.9. The second-order valence-corrected chi connectivity index (χ2v) is 4.81. The molecule has 0 heterocycles. The van der Waals surface area contributed by atoms with E-state index in [-0.39, 0.29) is 6.10 Å². The minimum absolute atomic E-state index is 0.257. The van der Waals surface area contributed by atoms with Crippen LogP contribution in [0.4, 0.5) is 0 Å². The Hall–Kier alpha value is -0.0900. The fourth-order valence-electron chi connectivity index (χ4n) is 0.379. The van der Waals surface area contributed by atoms with Crippen molar-refractivity contribution in [2.75, 3.05) is 0 Å². The van der Waals surface area contributed by atoms with Gasteiger partial charge in [-0.05, 0) is 27.7 Å². The Bertz CT molecular complexity index is 179. The normalized spacial score (nSPS) is 13.0. The maximum Gasteiger partial charge on any atom is 0.269 e. The average Bonchev–Trinajstić information content (AvgIpc) is 1.60. The van der Waals surface area contributed by atoms with Crippen molar-refractivity contribution in [1.29, 1.82) is 0 Å². The van der Waals surface area contributed by atoms with Crippen molar-refractivity contribution in [1.82, 2.24) is 0 Å². The Balaban J connectivity index is 4.16. The van der Waals surface area contributed by atoms with Crippen molar-refractivity contribution in [3.63, 3.8) is 0 Å². The molecule has 0 N–H and O–H groups in total. The summed E-state index contributed by atoms with van der Waals surface area (Å²) >= 11 is 0. The van der Waals surface area contributed by atoms with Crippen LogP contribution in [0.1, 0.15) is 27.7 Å². The summed E-state index contributed by atoms with van der Waals surface area (Å²) in [7, 11) is -3.30. The summed E-state index contributed by atoms with van der Waals surface area (Å²) in [6.45, 7) is 6.58. The van der Waals surface area contributed by atoms with Crippen LogP contribution < -0.4 is 0 Å². The fourth-order valence-corrected chi connectivity index (χ4v) is 1.14. The van der Waals surface area contributed by atoms with Gasteiger partial charge in [0.1, 0.15) is 0 Å². The van der Waals surface area contributed by atoms with Crippen LogP contribution in [0.25, 0.3) is 0 Å². The second kappa shape index (κ2) is 3.34. The van der Waals surface area contributed by atoms with E-state index in [1.165, 1.54) is 0 Å². The summed E-state index contributed by atoms with van der Waals surface area (Å²) in [5, 5.41) is -0.449. The number of hydrogen-bond donors (Lipinski definition) is 0. The first-order valence-corrected chi connectivity index (χ1v) is 4.75. The van der Waals surface area contributed by atoms with E-state index in [2.05, 4.69) is 4.18 Å². The van der Waals surface area contributed by atoms with Gasteiger partial charge in [-0.15, -0.1) is 0 Å². The van der Waals surface area contributed by atoms with Crippen LogP contribution >= 0.6 is 0 Å². The van der Waals surface area contributed by atoms with Gasteiger partial charge in [-0.25, -0.2) is 0 Å². The van der Waals surface area contributed by atoms with Gasteiger partial charge < -0.3 is 0 Å². The SMILES string of the molecule is CC(C)OS(=O)(=O)C(C)C. The Morgan fingerprint density at radius 2 is 1.50 bits per heavy atom. The van der Waals surface area contributed by atoms with E-state index in [1.807, 2.05) is 0 Å². The van der Waals surface area contributed by atoms with Crippen molar-refractivity contribution in [2.24, 2.45) is 0 Å². The van der Waals surface area contributed by atoms with Gasteiger partial charge in [0.2, 0.25) is 0 Å². The Morgan fingerprint density at radius 1 is 1.10 bits per heavy atom. The van der Waals surface area contributed by atoms with E-state index in [0.717, 1.165) is 0 Å². The summed E-state index contributed by atoms with van der Waals surface area (Å²) in [6.07, 6.45) is -0.257. The molecule has 0 aromatic heterocycles. The molecule has 0 aromatic rings. The highest BCUT2D eigenvalue weighted by molar-refractivity contribution is 7.87. The Labute approximate surface area is 62.5 Å². The average molecular weight is 166 g/mol. The molecule has 0 aromatic carbocycles. The lowest BCUT2D eigenvalue weighted by Crippen LogP contribution is -2.20. The van der Waals surface area contributed by atoms with E-state index < -0.39 is 15.4 Å². The predicted molar refractivity (Wildman–Crippen MR) is 40.3 cm³/mol. The van der Waals surface area contributed by atoms with Crippen molar-refractivity contribution in [3.8, 4) is 0 Å². The quantitative estimate of drug-likeness (QED) is 0.591. The number of rotatable bonds is 3. The third-order valence-electron chi connectivity index (χ3n) is 0.904. The third kappa shape index (κ3) is 3.17. The fraction of sp³-hybridized carbons (Fsp3) is 1.00. The lowest BCUT2D eigenvalue weighted by atomic mass is 10.5. The second-order valence-electron chi connectivity index (χ2n) is 2.69. The molecule has 62 valence electrons. The molecule has 0 saturated carbocycles. The Kier molecular flexibility index (Phi) is 3.31. The standard InChI is InChI=1S/C6H14O3S/c1-5(2)9-10(7,8)6(3)4/h5-6H,1-4H3. The highest BCUT2D eigenvalue weighted by Gasteiger charge is 2.17. The van der Waals surface area contributed by atoms with E-state index in [1.54, 1.807) is 27.7 Å². The van der Waals surface area contributed by atoms with Crippen molar-refractivity contribution in [3.05, 3.63) is 0 Å². The molecule has 0 aliphatic heterocycles. The maximum absolute atomic E-state index is 10.9. The van der Waals surface area contributed by atoms with Crippen molar-refractivity contribution in [2.45, 2.75) is 39.0 Å². The zero-order chi connectivity index (χ0) is 8.36. The van der Waals surface area contributed by atoms with Crippen LogP contribution in [0.15, 0.2) is 0 Å². The summed E-state index contributed by atoms with van der Waals surface area (Å²) in [5.74, 6) is 0. The van der Waals surface area contributed by atoms with Crippen LogP contribution in [0.3, 0.4) is 0 Å². The molecule has 0 radical (unpaired) electrons. The zero-order valence-corrected chi connectivity index (χ0v) is 7.60. The minimum Gasteiger partial charge on any atom is -0.267 e. The van der Waals surface area contributed by atoms with Crippen molar-refractivity contribution >= 4 is 10.1 Å². The van der Waals surface area contributed by atoms with Crippen LogP contribution in [0.2, 0.25) is 0 Å². The van der Waals surface area contributed by atoms with Gasteiger partial charge in [-0.1, -0.05) is 0 Å². The largest absolute Gasteiger partial charge is 0.269 e. The van der Waals surface area contributed by atoms with Gasteiger partial charge in [0.05, 0.1) is 11.4 Å². The van der Waals surface area contributed by atoms with Gasteiger partial charge in [0.15, 0.2) is 0 Å². The van der Waals surface area contributed by atoms with Crippen LogP contribution in [-0.4, -0.2) is 19.8 Å². The lowest BCUT2D eigenvalue weighted by Gasteiger charge is -2.10. The lowest BCUT2D eigenvalue weighted by molar-refractivity contribution is 0.246. The molecule has 0 rings (SSSR count). The molecule has 0 amide bonds. The molecule has 0 spiro atoms. The summed E-state index contributed by atoms with van der Waals surface area (Å²) < 4.78 is 26.5.